The van der Waals surface area contributed by atoms with Crippen LogP contribution in [0.2, 0.25) is 0 Å². The highest BCUT2D eigenvalue weighted by Crippen LogP contribution is 2.31. The van der Waals surface area contributed by atoms with Gasteiger partial charge in [0.25, 0.3) is 0 Å². The molecule has 1 aliphatic heterocycles. The lowest BCUT2D eigenvalue weighted by Gasteiger charge is -2.33. The molecule has 25 heavy (non-hydrogen) atoms. The molecule has 3 rings (SSSR count). The molecule has 4 N–H and O–H groups in total. The molecule has 0 spiro atoms. The minimum absolute atomic E-state index is 0.110. The van der Waals surface area contributed by atoms with E-state index in [-0.39, 0.29) is 11.7 Å². The summed E-state index contributed by atoms with van der Waals surface area (Å²) in [7, 11) is 0. The van der Waals surface area contributed by atoms with Crippen molar-refractivity contribution in [3.05, 3.63) is 70.8 Å². The summed E-state index contributed by atoms with van der Waals surface area (Å²) in [6.45, 7) is 3.83. The first-order chi connectivity index (χ1) is 11.9. The predicted octanol–water partition coefficient (Wildman–Crippen LogP) is 3.28. The van der Waals surface area contributed by atoms with Gasteiger partial charge < -0.3 is 21.1 Å². The number of urea groups is 1. The van der Waals surface area contributed by atoms with Crippen LogP contribution < -0.4 is 16.0 Å². The summed E-state index contributed by atoms with van der Waals surface area (Å²) in [5.41, 5.74) is 1.66. The van der Waals surface area contributed by atoms with Gasteiger partial charge in [0.2, 0.25) is 5.91 Å². The van der Waals surface area contributed by atoms with Crippen LogP contribution in [0.3, 0.4) is 0 Å². The molecule has 7 heteroatoms. The van der Waals surface area contributed by atoms with Crippen LogP contribution in [0.15, 0.2) is 65.3 Å². The van der Waals surface area contributed by atoms with Crippen LogP contribution in [-0.2, 0) is 4.79 Å². The van der Waals surface area contributed by atoms with Crippen molar-refractivity contribution in [1.29, 1.82) is 0 Å². The van der Waals surface area contributed by atoms with Crippen molar-refractivity contribution in [3.8, 4) is 5.75 Å². The van der Waals surface area contributed by atoms with E-state index in [0.717, 1.165) is 4.47 Å². The minimum atomic E-state index is -0.703. The van der Waals surface area contributed by atoms with Gasteiger partial charge in [-0.2, -0.15) is 0 Å². The molecule has 2 aromatic carbocycles. The lowest BCUT2D eigenvalue weighted by molar-refractivity contribution is -0.119. The average molecular weight is 402 g/mol. The van der Waals surface area contributed by atoms with Crippen LogP contribution >= 0.6 is 15.9 Å². The van der Waals surface area contributed by atoms with Crippen molar-refractivity contribution in [1.82, 2.24) is 10.6 Å². The van der Waals surface area contributed by atoms with Gasteiger partial charge in [0.15, 0.2) is 0 Å². The quantitative estimate of drug-likeness (QED) is 0.635. The van der Waals surface area contributed by atoms with E-state index in [9.17, 15) is 14.7 Å². The van der Waals surface area contributed by atoms with Crippen LogP contribution in [-0.4, -0.2) is 17.0 Å². The molecule has 0 aromatic heterocycles. The Morgan fingerprint density at radius 1 is 1.12 bits per heavy atom. The van der Waals surface area contributed by atoms with Gasteiger partial charge >= 0.3 is 6.03 Å². The maximum atomic E-state index is 12.8. The van der Waals surface area contributed by atoms with Gasteiger partial charge in [-0.1, -0.05) is 34.6 Å². The Balaban J connectivity index is 1.87. The largest absolute Gasteiger partial charge is 0.508 e. The highest BCUT2D eigenvalue weighted by Gasteiger charge is 2.37. The molecule has 1 heterocycles. The molecular formula is C18H16BrN3O3. The molecule has 2 atom stereocenters. The lowest BCUT2D eigenvalue weighted by Crippen LogP contribution is -2.51. The van der Waals surface area contributed by atoms with Crippen molar-refractivity contribution in [2.24, 2.45) is 5.92 Å². The molecule has 0 bridgehead atoms. The third kappa shape index (κ3) is 3.83. The normalized spacial score (nSPS) is 19.7. The molecule has 0 saturated carbocycles. The number of phenols is 1. The molecule has 1 fully saturated rings. The Hall–Kier alpha value is -2.80. The number of benzene rings is 2. The van der Waals surface area contributed by atoms with E-state index < -0.39 is 18.0 Å². The first kappa shape index (κ1) is 17.0. The predicted molar refractivity (Wildman–Crippen MR) is 97.9 cm³/mol. The Kier molecular flexibility index (Phi) is 4.76. The number of halogens is 1. The zero-order valence-corrected chi connectivity index (χ0v) is 14.7. The third-order valence-electron chi connectivity index (χ3n) is 3.92. The fourth-order valence-corrected chi connectivity index (χ4v) is 2.97. The van der Waals surface area contributed by atoms with Crippen LogP contribution in [0.25, 0.3) is 0 Å². The number of hydrogen-bond acceptors (Lipinski definition) is 3. The first-order valence-electron chi connectivity index (χ1n) is 7.56. The van der Waals surface area contributed by atoms with E-state index in [1.54, 1.807) is 24.3 Å². The summed E-state index contributed by atoms with van der Waals surface area (Å²) >= 11 is 3.35. The third-order valence-corrected chi connectivity index (χ3v) is 4.44. The number of amides is 3. The van der Waals surface area contributed by atoms with E-state index in [1.807, 2.05) is 12.1 Å². The van der Waals surface area contributed by atoms with Crippen LogP contribution in [0.5, 0.6) is 5.75 Å². The number of carbonyl (C=O) groups is 2. The summed E-state index contributed by atoms with van der Waals surface area (Å²) in [4.78, 5) is 24.6. The van der Waals surface area contributed by atoms with E-state index >= 15 is 0 Å². The van der Waals surface area contributed by atoms with Crippen molar-refractivity contribution in [3.63, 3.8) is 0 Å². The van der Waals surface area contributed by atoms with Gasteiger partial charge in [-0.05, 0) is 42.0 Å². The van der Waals surface area contributed by atoms with Crippen LogP contribution in [0.1, 0.15) is 11.6 Å². The number of anilines is 1. The fraction of sp³-hybridized carbons (Fsp3) is 0.111. The van der Waals surface area contributed by atoms with Gasteiger partial charge in [0.05, 0.1) is 6.04 Å². The van der Waals surface area contributed by atoms with Gasteiger partial charge in [-0.3, -0.25) is 4.79 Å². The zero-order chi connectivity index (χ0) is 18.0. The summed E-state index contributed by atoms with van der Waals surface area (Å²) in [6.07, 6.45) is 0. The molecular weight excluding hydrogens is 386 g/mol. The summed E-state index contributed by atoms with van der Waals surface area (Å²) in [5.74, 6) is -0.887. The molecule has 2 aromatic rings. The van der Waals surface area contributed by atoms with Crippen LogP contribution in [0, 0.1) is 5.92 Å². The number of rotatable bonds is 3. The Labute approximate surface area is 153 Å². The second kappa shape index (κ2) is 6.98. The molecule has 1 saturated heterocycles. The van der Waals surface area contributed by atoms with Crippen molar-refractivity contribution < 1.29 is 14.7 Å². The molecule has 3 amide bonds. The highest BCUT2D eigenvalue weighted by atomic mass is 79.9. The van der Waals surface area contributed by atoms with Crippen molar-refractivity contribution in [2.75, 3.05) is 5.32 Å². The SMILES string of the molecule is C=C1NC(=O)N[C@H](c2ccc(O)cc2)[C@@H]1C(=O)Nc1ccc(Br)cc1. The standard InChI is InChI=1S/C18H16BrN3O3/c1-10-15(17(24)21-13-6-4-12(19)5-7-13)16(22-18(25)20-10)11-2-8-14(23)9-3-11/h2-9,15-16,23H,1H2,(H,21,24)(H2,20,22,25)/t15-,16-/m1/s1. The summed E-state index contributed by atoms with van der Waals surface area (Å²) in [5, 5.41) is 17.6. The maximum Gasteiger partial charge on any atom is 0.319 e. The summed E-state index contributed by atoms with van der Waals surface area (Å²) in [6, 6.07) is 12.5. The molecule has 0 unspecified atom stereocenters. The number of hydrogen-bond donors (Lipinski definition) is 4. The maximum absolute atomic E-state index is 12.8. The second-order valence-electron chi connectivity index (χ2n) is 5.67. The zero-order valence-electron chi connectivity index (χ0n) is 13.1. The highest BCUT2D eigenvalue weighted by molar-refractivity contribution is 9.10. The second-order valence-corrected chi connectivity index (χ2v) is 6.58. The number of carbonyl (C=O) groups excluding carboxylic acids is 2. The minimum Gasteiger partial charge on any atom is -0.508 e. The van der Waals surface area contributed by atoms with Crippen LogP contribution in [0.4, 0.5) is 10.5 Å². The molecule has 1 aliphatic rings. The Morgan fingerprint density at radius 3 is 2.40 bits per heavy atom. The van der Waals surface area contributed by atoms with Gasteiger partial charge in [0, 0.05) is 15.9 Å². The molecule has 6 nitrogen and oxygen atoms in total. The van der Waals surface area contributed by atoms with E-state index in [1.165, 1.54) is 12.1 Å². The van der Waals surface area contributed by atoms with E-state index in [4.69, 9.17) is 0 Å². The van der Waals surface area contributed by atoms with Gasteiger partial charge in [-0.15, -0.1) is 0 Å². The lowest BCUT2D eigenvalue weighted by atomic mass is 9.88. The molecule has 0 radical (unpaired) electrons. The van der Waals surface area contributed by atoms with Crippen molar-refractivity contribution in [2.45, 2.75) is 6.04 Å². The number of aromatic hydroxyl groups is 1. The first-order valence-corrected chi connectivity index (χ1v) is 8.35. The number of nitrogens with one attached hydrogen (secondary N) is 3. The molecule has 128 valence electrons. The Bertz CT molecular complexity index is 818. The number of phenolic OH excluding ortho intramolecular Hbond substituents is 1. The van der Waals surface area contributed by atoms with Crippen molar-refractivity contribution >= 4 is 33.6 Å². The monoisotopic (exact) mass is 401 g/mol. The van der Waals surface area contributed by atoms with Gasteiger partial charge in [0.1, 0.15) is 11.7 Å². The van der Waals surface area contributed by atoms with Gasteiger partial charge in [-0.25, -0.2) is 4.79 Å². The topological polar surface area (TPSA) is 90.5 Å². The Morgan fingerprint density at radius 2 is 1.76 bits per heavy atom. The fourth-order valence-electron chi connectivity index (χ4n) is 2.71. The van der Waals surface area contributed by atoms with E-state index in [2.05, 4.69) is 38.5 Å². The van der Waals surface area contributed by atoms with E-state index in [0.29, 0.717) is 16.9 Å². The summed E-state index contributed by atoms with van der Waals surface area (Å²) < 4.78 is 0.906. The smallest absolute Gasteiger partial charge is 0.319 e. The average Bonchev–Trinajstić information content (AvgIpc) is 2.57. The molecule has 0 aliphatic carbocycles.